The fourth-order valence-electron chi connectivity index (χ4n) is 4.54. The fraction of sp³-hybridized carbons (Fsp3) is 0.480. The first-order chi connectivity index (χ1) is 15.5. The van der Waals surface area contributed by atoms with E-state index in [9.17, 15) is 9.59 Å². The van der Waals surface area contributed by atoms with Gasteiger partial charge in [0.05, 0.1) is 5.56 Å². The minimum absolute atomic E-state index is 0.0335. The molecule has 2 aliphatic rings. The molecule has 0 saturated carbocycles. The Morgan fingerprint density at radius 1 is 1.09 bits per heavy atom. The largest absolute Gasteiger partial charge is 0.490 e. The Morgan fingerprint density at radius 3 is 2.62 bits per heavy atom. The lowest BCUT2D eigenvalue weighted by Gasteiger charge is -2.39. The second kappa shape index (κ2) is 10.5. The molecule has 6 nitrogen and oxygen atoms in total. The summed E-state index contributed by atoms with van der Waals surface area (Å²) in [6, 6.07) is 11.5. The topological polar surface area (TPSA) is 62.7 Å². The molecule has 2 saturated heterocycles. The maximum Gasteiger partial charge on any atom is 0.255 e. The third-order valence-electron chi connectivity index (χ3n) is 6.34. The maximum absolute atomic E-state index is 13.1. The molecule has 32 heavy (non-hydrogen) atoms. The molecule has 2 amide bonds. The summed E-state index contributed by atoms with van der Waals surface area (Å²) in [7, 11) is 0. The van der Waals surface area contributed by atoms with Crippen LogP contribution in [0.25, 0.3) is 0 Å². The summed E-state index contributed by atoms with van der Waals surface area (Å²) in [5, 5.41) is 0. The summed E-state index contributed by atoms with van der Waals surface area (Å²) in [5.74, 6) is 0.861. The number of piperidine rings is 2. The monoisotopic (exact) mass is 499 g/mol. The van der Waals surface area contributed by atoms with E-state index in [1.165, 1.54) is 6.42 Å². The van der Waals surface area contributed by atoms with Crippen molar-refractivity contribution in [2.75, 3.05) is 26.2 Å². The van der Waals surface area contributed by atoms with Crippen molar-refractivity contribution in [2.24, 2.45) is 5.92 Å². The molecule has 0 unspecified atom stereocenters. The normalized spacial score (nSPS) is 21.3. The van der Waals surface area contributed by atoms with Gasteiger partial charge in [-0.25, -0.2) is 0 Å². The Labute approximate surface area is 198 Å². The van der Waals surface area contributed by atoms with Crippen LogP contribution in [0.3, 0.4) is 0 Å². The first-order valence-electron chi connectivity index (χ1n) is 11.4. The van der Waals surface area contributed by atoms with E-state index in [4.69, 9.17) is 4.74 Å². The zero-order chi connectivity index (χ0) is 22.5. The average molecular weight is 500 g/mol. The molecule has 170 valence electrons. The lowest BCUT2D eigenvalue weighted by molar-refractivity contribution is -0.134. The van der Waals surface area contributed by atoms with Crippen LogP contribution in [0.5, 0.6) is 5.75 Å². The van der Waals surface area contributed by atoms with Crippen LogP contribution >= 0.6 is 15.9 Å². The van der Waals surface area contributed by atoms with Crippen molar-refractivity contribution in [3.05, 3.63) is 58.3 Å². The van der Waals surface area contributed by atoms with Crippen molar-refractivity contribution in [3.8, 4) is 5.75 Å². The van der Waals surface area contributed by atoms with E-state index in [0.717, 1.165) is 41.8 Å². The van der Waals surface area contributed by atoms with E-state index in [-0.39, 0.29) is 23.8 Å². The zero-order valence-electron chi connectivity index (χ0n) is 18.5. The highest BCUT2D eigenvalue weighted by atomic mass is 79.9. The lowest BCUT2D eigenvalue weighted by Crippen LogP contribution is -2.50. The molecule has 1 aromatic carbocycles. The number of carbonyl (C=O) groups excluding carboxylic acids is 2. The maximum atomic E-state index is 13.1. The van der Waals surface area contributed by atoms with E-state index < -0.39 is 0 Å². The van der Waals surface area contributed by atoms with Gasteiger partial charge in [0.2, 0.25) is 5.91 Å². The minimum Gasteiger partial charge on any atom is -0.490 e. The molecule has 2 atom stereocenters. The zero-order valence-corrected chi connectivity index (χ0v) is 20.1. The van der Waals surface area contributed by atoms with Crippen molar-refractivity contribution in [1.29, 1.82) is 0 Å². The molecular weight excluding hydrogens is 470 g/mol. The van der Waals surface area contributed by atoms with Gasteiger partial charge in [0.25, 0.3) is 5.91 Å². The highest BCUT2D eigenvalue weighted by Crippen LogP contribution is 2.29. The number of ether oxygens (including phenoxy) is 1. The number of nitrogens with zero attached hydrogens (tertiary/aromatic N) is 3. The Hall–Kier alpha value is -2.41. The van der Waals surface area contributed by atoms with Crippen LogP contribution in [0.2, 0.25) is 0 Å². The molecular formula is C25H30BrN3O3. The summed E-state index contributed by atoms with van der Waals surface area (Å²) in [5.41, 5.74) is 1.47. The van der Waals surface area contributed by atoms with Crippen molar-refractivity contribution in [3.63, 3.8) is 0 Å². The van der Waals surface area contributed by atoms with Gasteiger partial charge >= 0.3 is 0 Å². The molecule has 0 aliphatic carbocycles. The summed E-state index contributed by atoms with van der Waals surface area (Å²) >= 11 is 3.49. The number of amides is 2. The second-order valence-electron chi connectivity index (χ2n) is 8.75. The molecule has 3 heterocycles. The van der Waals surface area contributed by atoms with Gasteiger partial charge in [0, 0.05) is 61.3 Å². The van der Waals surface area contributed by atoms with E-state index in [2.05, 4.69) is 20.9 Å². The van der Waals surface area contributed by atoms with Crippen LogP contribution in [-0.4, -0.2) is 58.9 Å². The van der Waals surface area contributed by atoms with Gasteiger partial charge in [0.1, 0.15) is 11.9 Å². The van der Waals surface area contributed by atoms with Gasteiger partial charge < -0.3 is 14.5 Å². The predicted molar refractivity (Wildman–Crippen MR) is 127 cm³/mol. The molecule has 7 heteroatoms. The number of likely N-dealkylation sites (tertiary alicyclic amines) is 2. The van der Waals surface area contributed by atoms with Crippen LogP contribution in [0, 0.1) is 12.8 Å². The third-order valence-corrected chi connectivity index (χ3v) is 6.83. The van der Waals surface area contributed by atoms with E-state index in [1.54, 1.807) is 6.20 Å². The molecule has 0 spiro atoms. The number of hydrogen-bond acceptors (Lipinski definition) is 4. The number of hydrogen-bond donors (Lipinski definition) is 0. The summed E-state index contributed by atoms with van der Waals surface area (Å²) in [6.07, 6.45) is 5.94. The van der Waals surface area contributed by atoms with Crippen molar-refractivity contribution >= 4 is 27.7 Å². The van der Waals surface area contributed by atoms with E-state index in [0.29, 0.717) is 31.5 Å². The van der Waals surface area contributed by atoms with Gasteiger partial charge in [-0.1, -0.05) is 22.0 Å². The first kappa shape index (κ1) is 22.8. The molecule has 0 N–H and O–H groups in total. The highest BCUT2D eigenvalue weighted by Gasteiger charge is 2.36. The Morgan fingerprint density at radius 2 is 1.91 bits per heavy atom. The minimum atomic E-state index is -0.113. The molecule has 0 radical (unpaired) electrons. The molecule has 4 rings (SSSR count). The molecule has 1 aromatic heterocycles. The fourth-order valence-corrected chi connectivity index (χ4v) is 4.91. The van der Waals surface area contributed by atoms with E-state index >= 15 is 0 Å². The SMILES string of the molecule is Cc1ccc(C(=O)N2CC[C@H](Oc3cccc(Br)c3)[C@@H](CC(=O)N3CCCCC3)C2)cn1. The first-order valence-corrected chi connectivity index (χ1v) is 12.2. The molecule has 0 bridgehead atoms. The summed E-state index contributed by atoms with van der Waals surface area (Å²) in [6.45, 7) is 4.67. The number of carbonyl (C=O) groups is 2. The summed E-state index contributed by atoms with van der Waals surface area (Å²) in [4.78, 5) is 34.2. The molecule has 2 aromatic rings. The number of benzene rings is 1. The molecule has 2 aliphatic heterocycles. The Balaban J connectivity index is 1.49. The van der Waals surface area contributed by atoms with Gasteiger partial charge in [0.15, 0.2) is 0 Å². The number of rotatable bonds is 5. The van der Waals surface area contributed by atoms with Gasteiger partial charge in [-0.15, -0.1) is 0 Å². The number of aryl methyl sites for hydroxylation is 1. The lowest BCUT2D eigenvalue weighted by atomic mass is 9.90. The highest BCUT2D eigenvalue weighted by molar-refractivity contribution is 9.10. The van der Waals surface area contributed by atoms with Crippen LogP contribution in [0.15, 0.2) is 47.1 Å². The van der Waals surface area contributed by atoms with Crippen LogP contribution in [0.4, 0.5) is 0 Å². The van der Waals surface area contributed by atoms with Crippen molar-refractivity contribution in [1.82, 2.24) is 14.8 Å². The molecule has 2 fully saturated rings. The number of pyridine rings is 1. The van der Waals surface area contributed by atoms with Crippen molar-refractivity contribution < 1.29 is 14.3 Å². The van der Waals surface area contributed by atoms with Crippen LogP contribution in [0.1, 0.15) is 48.2 Å². The van der Waals surface area contributed by atoms with Gasteiger partial charge in [-0.2, -0.15) is 0 Å². The second-order valence-corrected chi connectivity index (χ2v) is 9.66. The van der Waals surface area contributed by atoms with Gasteiger partial charge in [-0.05, 0) is 56.5 Å². The van der Waals surface area contributed by atoms with E-state index in [1.807, 2.05) is 53.1 Å². The number of aromatic nitrogens is 1. The Bertz CT molecular complexity index is 944. The number of halogens is 1. The van der Waals surface area contributed by atoms with Gasteiger partial charge in [-0.3, -0.25) is 14.6 Å². The predicted octanol–water partition coefficient (Wildman–Crippen LogP) is 4.46. The quantitative estimate of drug-likeness (QED) is 0.608. The van der Waals surface area contributed by atoms with Crippen LogP contribution in [-0.2, 0) is 4.79 Å². The third kappa shape index (κ3) is 5.68. The van der Waals surface area contributed by atoms with Crippen LogP contribution < -0.4 is 4.74 Å². The Kier molecular flexibility index (Phi) is 7.45. The smallest absolute Gasteiger partial charge is 0.255 e. The van der Waals surface area contributed by atoms with Crippen molar-refractivity contribution in [2.45, 2.75) is 45.1 Å². The summed E-state index contributed by atoms with van der Waals surface area (Å²) < 4.78 is 7.29. The standard InChI is InChI=1S/C25H30BrN3O3/c1-18-8-9-19(16-27-18)25(31)29-13-10-23(32-22-7-5-6-21(26)15-22)20(17-29)14-24(30)28-11-3-2-4-12-28/h5-9,15-16,20,23H,2-4,10-14,17H2,1H3/t20-,23-/m0/s1. The average Bonchev–Trinajstić information content (AvgIpc) is 2.81.